The average Bonchev–Trinajstić information content (AvgIpc) is 2.77. The van der Waals surface area contributed by atoms with E-state index >= 15 is 0 Å². The Morgan fingerprint density at radius 2 is 1.73 bits per heavy atom. The fourth-order valence-corrected chi connectivity index (χ4v) is 3.99. The van der Waals surface area contributed by atoms with E-state index in [1.165, 1.54) is 24.1 Å². The number of aryl methyl sites for hydroxylation is 1. The Morgan fingerprint density at radius 3 is 2.43 bits per heavy atom. The molecule has 4 rings (SSSR count). The van der Waals surface area contributed by atoms with Crippen LogP contribution in [0.1, 0.15) is 54.8 Å². The number of nitrogens with one attached hydrogen (secondary N) is 1. The fraction of sp³-hybridized carbons (Fsp3) is 0.320. The second-order valence-corrected chi connectivity index (χ2v) is 8.04. The summed E-state index contributed by atoms with van der Waals surface area (Å²) < 4.78 is 13.3. The predicted octanol–water partition coefficient (Wildman–Crippen LogP) is 5.82. The molecule has 1 N–H and O–H groups in total. The number of amides is 1. The summed E-state index contributed by atoms with van der Waals surface area (Å²) in [5.41, 5.74) is 4.49. The van der Waals surface area contributed by atoms with E-state index in [4.69, 9.17) is 4.98 Å². The van der Waals surface area contributed by atoms with Gasteiger partial charge in [-0.25, -0.2) is 14.4 Å². The third-order valence-corrected chi connectivity index (χ3v) is 5.67. The maximum Gasteiger partial charge on any atom is 0.229 e. The van der Waals surface area contributed by atoms with Crippen LogP contribution in [0.3, 0.4) is 0 Å². The van der Waals surface area contributed by atoms with Gasteiger partial charge in [-0.2, -0.15) is 0 Å². The van der Waals surface area contributed by atoms with Crippen LogP contribution < -0.4 is 5.32 Å². The Bertz CT molecular complexity index is 1010. The normalized spacial score (nSPS) is 14.5. The molecule has 4 nitrogen and oxygen atoms in total. The molecular formula is C25H26FN3O. The second-order valence-electron chi connectivity index (χ2n) is 8.04. The molecule has 3 aromatic rings. The van der Waals surface area contributed by atoms with Gasteiger partial charge in [0.2, 0.25) is 5.91 Å². The maximum atomic E-state index is 13.3. The Kier molecular flexibility index (Phi) is 6.17. The lowest BCUT2D eigenvalue weighted by atomic mass is 9.86. The van der Waals surface area contributed by atoms with Crippen molar-refractivity contribution < 1.29 is 9.18 Å². The van der Waals surface area contributed by atoms with Gasteiger partial charge < -0.3 is 5.32 Å². The van der Waals surface area contributed by atoms with Crippen molar-refractivity contribution >= 4 is 11.7 Å². The summed E-state index contributed by atoms with van der Waals surface area (Å²) in [7, 11) is 0. The van der Waals surface area contributed by atoms with E-state index in [9.17, 15) is 9.18 Å². The van der Waals surface area contributed by atoms with Crippen molar-refractivity contribution in [2.45, 2.75) is 51.4 Å². The van der Waals surface area contributed by atoms with Crippen LogP contribution in [0.4, 0.5) is 10.2 Å². The van der Waals surface area contributed by atoms with E-state index in [1.807, 2.05) is 31.2 Å². The molecule has 5 heteroatoms. The van der Waals surface area contributed by atoms with Gasteiger partial charge in [-0.15, -0.1) is 0 Å². The van der Waals surface area contributed by atoms with Gasteiger partial charge in [-0.3, -0.25) is 4.79 Å². The molecule has 0 unspecified atom stereocenters. The lowest BCUT2D eigenvalue weighted by Crippen LogP contribution is -2.19. The van der Waals surface area contributed by atoms with Crippen LogP contribution in [0.25, 0.3) is 11.3 Å². The molecule has 30 heavy (non-hydrogen) atoms. The van der Waals surface area contributed by atoms with Crippen LogP contribution >= 0.6 is 0 Å². The average molecular weight is 404 g/mol. The predicted molar refractivity (Wildman–Crippen MR) is 117 cm³/mol. The Hall–Kier alpha value is -3.08. The molecule has 0 spiro atoms. The third-order valence-electron chi connectivity index (χ3n) is 5.67. The number of hydrogen-bond acceptors (Lipinski definition) is 3. The van der Waals surface area contributed by atoms with Gasteiger partial charge in [0.25, 0.3) is 0 Å². The van der Waals surface area contributed by atoms with Gasteiger partial charge >= 0.3 is 0 Å². The third kappa shape index (κ3) is 4.90. The van der Waals surface area contributed by atoms with Crippen LogP contribution in [0.15, 0.2) is 54.7 Å². The summed E-state index contributed by atoms with van der Waals surface area (Å²) in [5.74, 6) is 0.449. The van der Waals surface area contributed by atoms with Crippen molar-refractivity contribution in [3.05, 3.63) is 77.4 Å². The number of nitrogens with zero attached hydrogens (tertiary/aromatic N) is 2. The molecule has 0 bridgehead atoms. The first-order valence-corrected chi connectivity index (χ1v) is 10.6. The van der Waals surface area contributed by atoms with Crippen molar-refractivity contribution in [1.29, 1.82) is 0 Å². The molecular weight excluding hydrogens is 377 g/mol. The topological polar surface area (TPSA) is 54.9 Å². The minimum absolute atomic E-state index is 0.0975. The van der Waals surface area contributed by atoms with E-state index in [2.05, 4.69) is 10.3 Å². The second kappa shape index (κ2) is 9.16. The number of hydrogen-bond donors (Lipinski definition) is 1. The zero-order valence-corrected chi connectivity index (χ0v) is 17.2. The number of rotatable bonds is 5. The summed E-state index contributed by atoms with van der Waals surface area (Å²) in [6.45, 7) is 2.03. The zero-order chi connectivity index (χ0) is 20.9. The smallest absolute Gasteiger partial charge is 0.229 e. The van der Waals surface area contributed by atoms with Gasteiger partial charge in [-0.05, 0) is 49.6 Å². The number of aromatic nitrogens is 2. The molecule has 1 aromatic heterocycles. The summed E-state index contributed by atoms with van der Waals surface area (Å²) in [5, 5.41) is 2.99. The monoisotopic (exact) mass is 403 g/mol. The minimum atomic E-state index is -0.279. The van der Waals surface area contributed by atoms with Gasteiger partial charge in [0.15, 0.2) is 5.82 Å². The maximum absolute atomic E-state index is 13.3. The molecule has 154 valence electrons. The zero-order valence-electron chi connectivity index (χ0n) is 17.2. The highest BCUT2D eigenvalue weighted by molar-refractivity contribution is 5.92. The fourth-order valence-electron chi connectivity index (χ4n) is 3.99. The van der Waals surface area contributed by atoms with Crippen LogP contribution in [-0.4, -0.2) is 15.9 Å². The standard InChI is InChI=1S/C25H26FN3O/c1-17-7-9-18(10-8-17)15-23(30)29-25-24(20-5-3-2-4-6-20)28-22(16-27-25)19-11-13-21(26)14-12-19/h7-14,16,20H,2-6,15H2,1H3,(H,27,29,30). The molecule has 1 aliphatic carbocycles. The molecule has 2 aromatic carbocycles. The van der Waals surface area contributed by atoms with Crippen LogP contribution in [0.5, 0.6) is 0 Å². The molecule has 1 fully saturated rings. The first-order valence-electron chi connectivity index (χ1n) is 10.6. The number of anilines is 1. The van der Waals surface area contributed by atoms with E-state index in [0.29, 0.717) is 17.9 Å². The lowest BCUT2D eigenvalue weighted by Gasteiger charge is -2.23. The highest BCUT2D eigenvalue weighted by Gasteiger charge is 2.23. The first kappa shape index (κ1) is 20.2. The molecule has 1 saturated carbocycles. The minimum Gasteiger partial charge on any atom is -0.309 e. The Balaban J connectivity index is 1.59. The lowest BCUT2D eigenvalue weighted by molar-refractivity contribution is -0.115. The summed E-state index contributed by atoms with van der Waals surface area (Å²) in [6, 6.07) is 14.2. The van der Waals surface area contributed by atoms with Crippen LogP contribution in [-0.2, 0) is 11.2 Å². The SMILES string of the molecule is Cc1ccc(CC(=O)Nc2ncc(-c3ccc(F)cc3)nc2C2CCCCC2)cc1. The van der Waals surface area contributed by atoms with E-state index in [0.717, 1.165) is 42.5 Å². The van der Waals surface area contributed by atoms with Crippen molar-refractivity contribution in [3.8, 4) is 11.3 Å². The Morgan fingerprint density at radius 1 is 1.03 bits per heavy atom. The highest BCUT2D eigenvalue weighted by atomic mass is 19.1. The van der Waals surface area contributed by atoms with Crippen molar-refractivity contribution in [2.24, 2.45) is 0 Å². The molecule has 0 aliphatic heterocycles. The van der Waals surface area contributed by atoms with E-state index in [-0.39, 0.29) is 17.6 Å². The van der Waals surface area contributed by atoms with Gasteiger partial charge in [0.05, 0.1) is 24.0 Å². The first-order chi connectivity index (χ1) is 14.6. The number of benzene rings is 2. The number of carbonyl (C=O) groups excluding carboxylic acids is 1. The summed E-state index contributed by atoms with van der Waals surface area (Å²) >= 11 is 0. The Labute approximate surface area is 176 Å². The quantitative estimate of drug-likeness (QED) is 0.584. The number of halogens is 1. The molecule has 1 aliphatic rings. The van der Waals surface area contributed by atoms with Crippen molar-refractivity contribution in [2.75, 3.05) is 5.32 Å². The van der Waals surface area contributed by atoms with Gasteiger partial charge in [0, 0.05) is 11.5 Å². The summed E-state index contributed by atoms with van der Waals surface area (Å²) in [6.07, 6.45) is 7.59. The highest BCUT2D eigenvalue weighted by Crippen LogP contribution is 2.35. The molecule has 1 amide bonds. The van der Waals surface area contributed by atoms with Gasteiger partial charge in [-0.1, -0.05) is 49.1 Å². The molecule has 0 atom stereocenters. The van der Waals surface area contributed by atoms with Crippen molar-refractivity contribution in [1.82, 2.24) is 9.97 Å². The van der Waals surface area contributed by atoms with E-state index in [1.54, 1.807) is 18.3 Å². The largest absolute Gasteiger partial charge is 0.309 e. The molecule has 0 radical (unpaired) electrons. The molecule has 0 saturated heterocycles. The van der Waals surface area contributed by atoms with Gasteiger partial charge in [0.1, 0.15) is 5.82 Å². The van der Waals surface area contributed by atoms with Crippen LogP contribution in [0, 0.1) is 12.7 Å². The van der Waals surface area contributed by atoms with Crippen molar-refractivity contribution in [3.63, 3.8) is 0 Å². The number of carbonyl (C=O) groups is 1. The van der Waals surface area contributed by atoms with Crippen LogP contribution in [0.2, 0.25) is 0 Å². The molecule has 1 heterocycles. The summed E-state index contributed by atoms with van der Waals surface area (Å²) in [4.78, 5) is 22.1. The van der Waals surface area contributed by atoms with E-state index < -0.39 is 0 Å².